The van der Waals surface area contributed by atoms with Crippen molar-refractivity contribution in [1.82, 2.24) is 0 Å². The number of aryl methyl sites for hydroxylation is 2. The Morgan fingerprint density at radius 2 is 1.86 bits per heavy atom. The summed E-state index contributed by atoms with van der Waals surface area (Å²) in [7, 11) is 1.63. The van der Waals surface area contributed by atoms with Gasteiger partial charge in [0.25, 0.3) is 0 Å². The van der Waals surface area contributed by atoms with E-state index in [1.165, 1.54) is 16.2 Å². The third-order valence-electron chi connectivity index (χ3n) is 4.77. The van der Waals surface area contributed by atoms with Gasteiger partial charge in [0, 0.05) is 11.3 Å². The number of nitrogens with one attached hydrogen (secondary N) is 1. The Bertz CT molecular complexity index is 839. The first-order valence-electron chi connectivity index (χ1n) is 9.76. The van der Waals surface area contributed by atoms with Crippen LogP contribution in [-0.4, -0.2) is 25.1 Å². The number of benzene rings is 1. The number of rotatable bonds is 7. The van der Waals surface area contributed by atoms with Gasteiger partial charge in [-0.15, -0.1) is 11.3 Å². The van der Waals surface area contributed by atoms with Crippen molar-refractivity contribution < 1.29 is 19.1 Å². The lowest BCUT2D eigenvalue weighted by Gasteiger charge is -2.14. The van der Waals surface area contributed by atoms with E-state index in [0.29, 0.717) is 23.4 Å². The van der Waals surface area contributed by atoms with Crippen molar-refractivity contribution in [3.63, 3.8) is 0 Å². The van der Waals surface area contributed by atoms with Crippen LogP contribution in [-0.2, 0) is 28.8 Å². The van der Waals surface area contributed by atoms with Gasteiger partial charge < -0.3 is 14.8 Å². The highest BCUT2D eigenvalue weighted by molar-refractivity contribution is 7.17. The lowest BCUT2D eigenvalue weighted by molar-refractivity contribution is -0.116. The van der Waals surface area contributed by atoms with Crippen LogP contribution in [0.3, 0.4) is 0 Å². The molecule has 0 bridgehead atoms. The van der Waals surface area contributed by atoms with Gasteiger partial charge in [0.15, 0.2) is 0 Å². The second-order valence-corrected chi connectivity index (χ2v) is 8.37. The Balaban J connectivity index is 1.70. The molecule has 1 aliphatic carbocycles. The van der Waals surface area contributed by atoms with E-state index in [4.69, 9.17) is 9.47 Å². The molecule has 0 saturated carbocycles. The summed E-state index contributed by atoms with van der Waals surface area (Å²) in [5.74, 6) is 0.374. The molecule has 1 aliphatic rings. The number of thiophene rings is 1. The molecule has 1 heterocycles. The number of amides is 1. The Morgan fingerprint density at radius 3 is 2.54 bits per heavy atom. The minimum atomic E-state index is -0.333. The lowest BCUT2D eigenvalue weighted by atomic mass is 9.95. The molecule has 1 N–H and O–H groups in total. The van der Waals surface area contributed by atoms with Crippen LogP contribution < -0.4 is 10.1 Å². The Hall–Kier alpha value is -2.34. The molecule has 0 atom stereocenters. The molecule has 6 heteroatoms. The second kappa shape index (κ2) is 9.24. The lowest BCUT2D eigenvalue weighted by Crippen LogP contribution is -2.18. The zero-order valence-electron chi connectivity index (χ0n) is 16.7. The van der Waals surface area contributed by atoms with Gasteiger partial charge in [0.2, 0.25) is 5.91 Å². The smallest absolute Gasteiger partial charge is 0.341 e. The summed E-state index contributed by atoms with van der Waals surface area (Å²) in [5.41, 5.74) is 2.69. The highest BCUT2D eigenvalue weighted by Gasteiger charge is 2.27. The van der Waals surface area contributed by atoms with Crippen LogP contribution >= 0.6 is 11.3 Å². The molecule has 0 saturated heterocycles. The highest BCUT2D eigenvalue weighted by atomic mass is 32.1. The molecule has 0 aliphatic heterocycles. The van der Waals surface area contributed by atoms with Crippen molar-refractivity contribution in [3.8, 4) is 5.75 Å². The fraction of sp³-hybridized carbons (Fsp3) is 0.455. The normalized spacial score (nSPS) is 13.1. The zero-order chi connectivity index (χ0) is 20.1. The van der Waals surface area contributed by atoms with Crippen LogP contribution in [0, 0.1) is 0 Å². The first-order chi connectivity index (χ1) is 13.5. The van der Waals surface area contributed by atoms with E-state index in [0.717, 1.165) is 42.6 Å². The number of anilines is 1. The van der Waals surface area contributed by atoms with E-state index >= 15 is 0 Å². The standard InChI is InChI=1S/C22H27NO4S/c1-14(2)27-22(25)20-17-6-4-5-7-18(17)28-21(20)23-19(24)13-10-15-8-11-16(26-3)12-9-15/h8-9,11-12,14H,4-7,10,13H2,1-3H3,(H,23,24). The topological polar surface area (TPSA) is 64.6 Å². The fourth-order valence-corrected chi connectivity index (χ4v) is 4.68. The Labute approximate surface area is 170 Å². The molecule has 2 aromatic rings. The summed E-state index contributed by atoms with van der Waals surface area (Å²) < 4.78 is 10.6. The van der Waals surface area contributed by atoms with Crippen LogP contribution in [0.2, 0.25) is 0 Å². The molecule has 150 valence electrons. The number of methoxy groups -OCH3 is 1. The van der Waals surface area contributed by atoms with Crippen molar-refractivity contribution in [3.05, 3.63) is 45.8 Å². The van der Waals surface area contributed by atoms with Crippen LogP contribution in [0.5, 0.6) is 5.75 Å². The average molecular weight is 402 g/mol. The molecule has 5 nitrogen and oxygen atoms in total. The van der Waals surface area contributed by atoms with Crippen molar-refractivity contribution >= 4 is 28.2 Å². The van der Waals surface area contributed by atoms with Crippen molar-refractivity contribution in [2.75, 3.05) is 12.4 Å². The van der Waals surface area contributed by atoms with Crippen molar-refractivity contribution in [2.24, 2.45) is 0 Å². The maximum Gasteiger partial charge on any atom is 0.341 e. The number of carbonyl (C=O) groups is 2. The molecule has 0 unspecified atom stereocenters. The predicted octanol–water partition coefficient (Wildman–Crippen LogP) is 4.77. The van der Waals surface area contributed by atoms with Gasteiger partial charge in [-0.1, -0.05) is 12.1 Å². The Morgan fingerprint density at radius 1 is 1.14 bits per heavy atom. The Kier molecular flexibility index (Phi) is 6.73. The highest BCUT2D eigenvalue weighted by Crippen LogP contribution is 2.38. The average Bonchev–Trinajstić information content (AvgIpc) is 3.04. The summed E-state index contributed by atoms with van der Waals surface area (Å²) in [5, 5.41) is 3.61. The maximum absolute atomic E-state index is 12.7. The maximum atomic E-state index is 12.7. The molecule has 3 rings (SSSR count). The molecule has 0 spiro atoms. The van der Waals surface area contributed by atoms with Crippen molar-refractivity contribution in [1.29, 1.82) is 0 Å². The zero-order valence-corrected chi connectivity index (χ0v) is 17.5. The number of carbonyl (C=O) groups excluding carboxylic acids is 2. The molecule has 0 fully saturated rings. The molecular formula is C22H27NO4S. The minimum Gasteiger partial charge on any atom is -0.497 e. The van der Waals surface area contributed by atoms with E-state index in [2.05, 4.69) is 5.32 Å². The van der Waals surface area contributed by atoms with Gasteiger partial charge in [0.05, 0.1) is 18.8 Å². The summed E-state index contributed by atoms with van der Waals surface area (Å²) in [6.45, 7) is 3.67. The molecular weight excluding hydrogens is 374 g/mol. The summed E-state index contributed by atoms with van der Waals surface area (Å²) in [6.07, 6.45) is 4.82. The van der Waals surface area contributed by atoms with Gasteiger partial charge in [-0.05, 0) is 69.2 Å². The third-order valence-corrected chi connectivity index (χ3v) is 5.98. The van der Waals surface area contributed by atoms with E-state index in [1.807, 2.05) is 38.1 Å². The number of ether oxygens (including phenoxy) is 2. The molecule has 1 amide bonds. The summed E-state index contributed by atoms with van der Waals surface area (Å²) in [6, 6.07) is 7.70. The van der Waals surface area contributed by atoms with Crippen LogP contribution in [0.1, 0.15) is 59.5 Å². The molecule has 1 aromatic heterocycles. The third kappa shape index (κ3) is 4.93. The SMILES string of the molecule is COc1ccc(CCC(=O)Nc2sc3c(c2C(=O)OC(C)C)CCCC3)cc1. The van der Waals surface area contributed by atoms with E-state index < -0.39 is 0 Å². The van der Waals surface area contributed by atoms with E-state index in [9.17, 15) is 9.59 Å². The number of hydrogen-bond donors (Lipinski definition) is 1. The fourth-order valence-electron chi connectivity index (χ4n) is 3.38. The molecule has 0 radical (unpaired) electrons. The quantitative estimate of drug-likeness (QED) is 0.679. The number of fused-ring (bicyclic) bond motifs is 1. The van der Waals surface area contributed by atoms with Crippen LogP contribution in [0.15, 0.2) is 24.3 Å². The number of hydrogen-bond acceptors (Lipinski definition) is 5. The van der Waals surface area contributed by atoms with Gasteiger partial charge in [-0.25, -0.2) is 4.79 Å². The van der Waals surface area contributed by atoms with Gasteiger partial charge in [0.1, 0.15) is 10.8 Å². The predicted molar refractivity (Wildman–Crippen MR) is 111 cm³/mol. The largest absolute Gasteiger partial charge is 0.497 e. The monoisotopic (exact) mass is 401 g/mol. The first kappa shape index (κ1) is 20.4. The number of esters is 1. The molecule has 1 aromatic carbocycles. The molecule has 28 heavy (non-hydrogen) atoms. The van der Waals surface area contributed by atoms with Gasteiger partial charge in [-0.3, -0.25) is 4.79 Å². The van der Waals surface area contributed by atoms with Crippen LogP contribution in [0.25, 0.3) is 0 Å². The van der Waals surface area contributed by atoms with Gasteiger partial charge in [-0.2, -0.15) is 0 Å². The van der Waals surface area contributed by atoms with Crippen LogP contribution in [0.4, 0.5) is 5.00 Å². The summed E-state index contributed by atoms with van der Waals surface area (Å²) >= 11 is 1.52. The van der Waals surface area contributed by atoms with Crippen molar-refractivity contribution in [2.45, 2.75) is 58.5 Å². The first-order valence-corrected chi connectivity index (χ1v) is 10.6. The van der Waals surface area contributed by atoms with E-state index in [1.54, 1.807) is 7.11 Å². The van der Waals surface area contributed by atoms with E-state index in [-0.39, 0.29) is 18.0 Å². The van der Waals surface area contributed by atoms with Gasteiger partial charge >= 0.3 is 5.97 Å². The minimum absolute atomic E-state index is 0.0898. The summed E-state index contributed by atoms with van der Waals surface area (Å²) in [4.78, 5) is 26.4. The second-order valence-electron chi connectivity index (χ2n) is 7.27.